The quantitative estimate of drug-likeness (QED) is 0.502. The standard InChI is InChI=1S/C10H9NO2.C4H6O2/c1-7-3-4-9(6-11)5-10(7)13-8(2)12;1-3(2)4(5)6/h3-5H,1-2H3;1H2,2H3,(H,5,6). The first-order chi connectivity index (χ1) is 8.77. The molecule has 1 rings (SSSR count). The van der Waals surface area contributed by atoms with Crippen molar-refractivity contribution in [3.8, 4) is 11.8 Å². The fourth-order valence-electron chi connectivity index (χ4n) is 0.934. The Hall–Kier alpha value is -2.61. The van der Waals surface area contributed by atoms with Gasteiger partial charge in [0, 0.05) is 12.5 Å². The Morgan fingerprint density at radius 3 is 2.26 bits per heavy atom. The summed E-state index contributed by atoms with van der Waals surface area (Å²) in [5.41, 5.74) is 1.51. The Balaban J connectivity index is 0.000000459. The third-order valence-corrected chi connectivity index (χ3v) is 1.94. The summed E-state index contributed by atoms with van der Waals surface area (Å²) in [7, 11) is 0. The van der Waals surface area contributed by atoms with Gasteiger partial charge in [-0.05, 0) is 31.5 Å². The van der Waals surface area contributed by atoms with Crippen LogP contribution in [-0.2, 0) is 9.59 Å². The highest BCUT2D eigenvalue weighted by atomic mass is 16.5. The molecule has 0 atom stereocenters. The minimum Gasteiger partial charge on any atom is -0.478 e. The summed E-state index contributed by atoms with van der Waals surface area (Å²) in [5.74, 6) is -0.861. The molecule has 1 aromatic carbocycles. The molecule has 0 heterocycles. The molecule has 0 radical (unpaired) electrons. The molecule has 0 unspecified atom stereocenters. The van der Waals surface area contributed by atoms with E-state index in [4.69, 9.17) is 15.1 Å². The van der Waals surface area contributed by atoms with Crippen LogP contribution in [0.5, 0.6) is 5.75 Å². The molecule has 0 aliphatic heterocycles. The molecule has 0 saturated heterocycles. The summed E-state index contributed by atoms with van der Waals surface area (Å²) in [6.45, 7) is 7.75. The molecule has 5 nitrogen and oxygen atoms in total. The zero-order valence-electron chi connectivity index (χ0n) is 11.1. The van der Waals surface area contributed by atoms with Crippen LogP contribution in [0.2, 0.25) is 0 Å². The summed E-state index contributed by atoms with van der Waals surface area (Å²) in [4.78, 5) is 20.3. The lowest BCUT2D eigenvalue weighted by molar-refractivity contribution is -0.133. The van der Waals surface area contributed by atoms with E-state index in [0.717, 1.165) is 5.56 Å². The number of ether oxygens (including phenoxy) is 1. The SMILES string of the molecule is C=C(C)C(=O)O.CC(=O)Oc1cc(C#N)ccc1C. The molecule has 0 amide bonds. The zero-order chi connectivity index (χ0) is 15.0. The number of aliphatic carboxylic acids is 1. The van der Waals surface area contributed by atoms with Crippen molar-refractivity contribution < 1.29 is 19.4 Å². The van der Waals surface area contributed by atoms with Gasteiger partial charge in [-0.3, -0.25) is 4.79 Å². The van der Waals surface area contributed by atoms with Crippen LogP contribution >= 0.6 is 0 Å². The maximum Gasteiger partial charge on any atom is 0.330 e. The van der Waals surface area contributed by atoms with Crippen LogP contribution in [0.3, 0.4) is 0 Å². The van der Waals surface area contributed by atoms with Crippen molar-refractivity contribution in [2.45, 2.75) is 20.8 Å². The topological polar surface area (TPSA) is 87.4 Å². The van der Waals surface area contributed by atoms with E-state index in [9.17, 15) is 9.59 Å². The van der Waals surface area contributed by atoms with Crippen LogP contribution in [0.25, 0.3) is 0 Å². The maximum absolute atomic E-state index is 10.7. The fourth-order valence-corrected chi connectivity index (χ4v) is 0.934. The fraction of sp³-hybridized carbons (Fsp3) is 0.214. The second-order valence-corrected chi connectivity index (χ2v) is 3.77. The molecule has 0 fully saturated rings. The first-order valence-electron chi connectivity index (χ1n) is 5.36. The van der Waals surface area contributed by atoms with E-state index in [1.807, 2.05) is 13.0 Å². The van der Waals surface area contributed by atoms with Crippen LogP contribution < -0.4 is 4.74 Å². The van der Waals surface area contributed by atoms with Crippen molar-refractivity contribution >= 4 is 11.9 Å². The van der Waals surface area contributed by atoms with E-state index in [-0.39, 0.29) is 11.5 Å². The first-order valence-corrected chi connectivity index (χ1v) is 5.36. The van der Waals surface area contributed by atoms with Crippen molar-refractivity contribution in [1.82, 2.24) is 0 Å². The number of benzene rings is 1. The molecule has 0 aliphatic rings. The number of carbonyl (C=O) groups excluding carboxylic acids is 1. The van der Waals surface area contributed by atoms with Crippen LogP contribution in [0.15, 0.2) is 30.4 Å². The summed E-state index contributed by atoms with van der Waals surface area (Å²) in [6.07, 6.45) is 0. The Bertz CT molecular complexity index is 529. The van der Waals surface area contributed by atoms with E-state index in [1.54, 1.807) is 18.2 Å². The van der Waals surface area contributed by atoms with Crippen molar-refractivity contribution in [3.63, 3.8) is 0 Å². The lowest BCUT2D eigenvalue weighted by Gasteiger charge is -2.04. The second-order valence-electron chi connectivity index (χ2n) is 3.77. The van der Waals surface area contributed by atoms with Crippen molar-refractivity contribution in [1.29, 1.82) is 5.26 Å². The number of hydrogen-bond acceptors (Lipinski definition) is 4. The number of hydrogen-bond donors (Lipinski definition) is 1. The summed E-state index contributed by atoms with van der Waals surface area (Å²) >= 11 is 0. The molecule has 0 spiro atoms. The van der Waals surface area contributed by atoms with E-state index in [1.165, 1.54) is 13.8 Å². The van der Waals surface area contributed by atoms with Gasteiger partial charge in [-0.1, -0.05) is 12.6 Å². The molecule has 0 bridgehead atoms. The number of esters is 1. The highest BCUT2D eigenvalue weighted by molar-refractivity contribution is 5.84. The number of nitriles is 1. The van der Waals surface area contributed by atoms with Gasteiger partial charge in [0.15, 0.2) is 0 Å². The lowest BCUT2D eigenvalue weighted by atomic mass is 10.1. The number of carboxylic acid groups (broad SMARTS) is 1. The highest BCUT2D eigenvalue weighted by Gasteiger charge is 2.03. The minimum absolute atomic E-state index is 0.176. The Morgan fingerprint density at radius 1 is 1.37 bits per heavy atom. The molecule has 100 valence electrons. The third kappa shape index (κ3) is 6.64. The van der Waals surface area contributed by atoms with Crippen molar-refractivity contribution in [2.75, 3.05) is 0 Å². The third-order valence-electron chi connectivity index (χ3n) is 1.94. The Kier molecular flexibility index (Phi) is 6.61. The van der Waals surface area contributed by atoms with E-state index >= 15 is 0 Å². The summed E-state index contributed by atoms with van der Waals surface area (Å²) < 4.78 is 4.90. The average Bonchev–Trinajstić information content (AvgIpc) is 2.32. The molecular formula is C14H15NO4. The van der Waals surface area contributed by atoms with Crippen molar-refractivity contribution in [3.05, 3.63) is 41.5 Å². The van der Waals surface area contributed by atoms with Gasteiger partial charge in [-0.15, -0.1) is 0 Å². The Labute approximate surface area is 111 Å². The molecule has 0 saturated carbocycles. The number of carbonyl (C=O) groups is 2. The van der Waals surface area contributed by atoms with Crippen molar-refractivity contribution in [2.24, 2.45) is 0 Å². The van der Waals surface area contributed by atoms with E-state index < -0.39 is 5.97 Å². The Morgan fingerprint density at radius 2 is 1.89 bits per heavy atom. The normalized spacial score (nSPS) is 8.53. The van der Waals surface area contributed by atoms with Gasteiger partial charge in [0.25, 0.3) is 0 Å². The van der Waals surface area contributed by atoms with E-state index in [0.29, 0.717) is 11.3 Å². The van der Waals surface area contributed by atoms with Gasteiger partial charge in [-0.25, -0.2) is 4.79 Å². The van der Waals surface area contributed by atoms with Crippen LogP contribution in [0.1, 0.15) is 25.0 Å². The minimum atomic E-state index is -0.935. The maximum atomic E-state index is 10.7. The summed E-state index contributed by atoms with van der Waals surface area (Å²) in [5, 5.41) is 16.5. The number of carboxylic acids is 1. The summed E-state index contributed by atoms with van der Waals surface area (Å²) in [6, 6.07) is 6.96. The number of aryl methyl sites for hydroxylation is 1. The largest absolute Gasteiger partial charge is 0.478 e. The molecule has 1 aromatic rings. The average molecular weight is 261 g/mol. The van der Waals surface area contributed by atoms with Gasteiger partial charge in [0.1, 0.15) is 5.75 Å². The molecule has 1 N–H and O–H groups in total. The smallest absolute Gasteiger partial charge is 0.330 e. The van der Waals surface area contributed by atoms with Crippen LogP contribution in [-0.4, -0.2) is 17.0 Å². The van der Waals surface area contributed by atoms with Gasteiger partial charge >= 0.3 is 11.9 Å². The molecule has 0 aromatic heterocycles. The number of nitrogens with zero attached hydrogens (tertiary/aromatic N) is 1. The zero-order valence-corrected chi connectivity index (χ0v) is 11.1. The second kappa shape index (κ2) is 7.67. The van der Waals surface area contributed by atoms with Crippen LogP contribution in [0.4, 0.5) is 0 Å². The first kappa shape index (κ1) is 16.4. The van der Waals surface area contributed by atoms with E-state index in [2.05, 4.69) is 6.58 Å². The molecular weight excluding hydrogens is 246 g/mol. The number of rotatable bonds is 2. The predicted octanol–water partition coefficient (Wildman–Crippen LogP) is 2.44. The van der Waals surface area contributed by atoms with Gasteiger partial charge in [0.05, 0.1) is 11.6 Å². The molecule has 5 heteroatoms. The lowest BCUT2D eigenvalue weighted by Crippen LogP contribution is -2.02. The van der Waals surface area contributed by atoms with Gasteiger partial charge < -0.3 is 9.84 Å². The van der Waals surface area contributed by atoms with Gasteiger partial charge in [0.2, 0.25) is 0 Å². The molecule has 19 heavy (non-hydrogen) atoms. The van der Waals surface area contributed by atoms with Crippen LogP contribution in [0, 0.1) is 18.3 Å². The predicted molar refractivity (Wildman–Crippen MR) is 69.7 cm³/mol. The monoisotopic (exact) mass is 261 g/mol. The highest BCUT2D eigenvalue weighted by Crippen LogP contribution is 2.19. The van der Waals surface area contributed by atoms with Gasteiger partial charge in [-0.2, -0.15) is 5.26 Å². The molecule has 0 aliphatic carbocycles.